The van der Waals surface area contributed by atoms with Gasteiger partial charge in [0.15, 0.2) is 0 Å². The molecular formula is C10H23NO3. The zero-order chi connectivity index (χ0) is 10.5. The van der Waals surface area contributed by atoms with E-state index in [0.29, 0.717) is 26.4 Å². The summed E-state index contributed by atoms with van der Waals surface area (Å²) in [7, 11) is 1.67. The summed E-state index contributed by atoms with van der Waals surface area (Å²) in [5, 5.41) is 3.24. The van der Waals surface area contributed by atoms with Gasteiger partial charge >= 0.3 is 0 Å². The van der Waals surface area contributed by atoms with Crippen molar-refractivity contribution in [2.75, 3.05) is 53.2 Å². The standard InChI is InChI=1S/C10H23NO3/c1-3-11-5-4-6-13-9-10-14-8-7-12-2/h11H,3-10H2,1-2H3. The monoisotopic (exact) mass is 205 g/mol. The van der Waals surface area contributed by atoms with E-state index in [1.165, 1.54) is 0 Å². The fraction of sp³-hybridized carbons (Fsp3) is 1.00. The van der Waals surface area contributed by atoms with Crippen molar-refractivity contribution in [3.63, 3.8) is 0 Å². The van der Waals surface area contributed by atoms with E-state index in [1.807, 2.05) is 0 Å². The third-order valence-corrected chi connectivity index (χ3v) is 1.70. The van der Waals surface area contributed by atoms with E-state index in [0.717, 1.165) is 26.1 Å². The Hall–Kier alpha value is -0.160. The third kappa shape index (κ3) is 11.8. The first-order valence-electron chi connectivity index (χ1n) is 5.27. The average Bonchev–Trinajstić information content (AvgIpc) is 2.21. The van der Waals surface area contributed by atoms with Crippen LogP contribution in [0.25, 0.3) is 0 Å². The predicted molar refractivity (Wildman–Crippen MR) is 56.7 cm³/mol. The van der Waals surface area contributed by atoms with Crippen molar-refractivity contribution in [3.8, 4) is 0 Å². The van der Waals surface area contributed by atoms with Crippen molar-refractivity contribution in [2.24, 2.45) is 0 Å². The highest BCUT2D eigenvalue weighted by molar-refractivity contribution is 4.42. The Balaban J connectivity index is 2.78. The molecule has 0 aromatic heterocycles. The Morgan fingerprint density at radius 3 is 2.21 bits per heavy atom. The Bertz CT molecular complexity index is 89.4. The van der Waals surface area contributed by atoms with Gasteiger partial charge in [0.25, 0.3) is 0 Å². The maximum atomic E-state index is 5.35. The van der Waals surface area contributed by atoms with Crippen molar-refractivity contribution in [3.05, 3.63) is 0 Å². The van der Waals surface area contributed by atoms with Crippen LogP contribution in [0.2, 0.25) is 0 Å². The second kappa shape index (κ2) is 12.8. The van der Waals surface area contributed by atoms with Crippen LogP contribution in [0.15, 0.2) is 0 Å². The third-order valence-electron chi connectivity index (χ3n) is 1.70. The molecule has 0 atom stereocenters. The molecule has 0 saturated carbocycles. The molecule has 0 aromatic carbocycles. The molecule has 0 heterocycles. The summed E-state index contributed by atoms with van der Waals surface area (Å²) in [5.74, 6) is 0. The van der Waals surface area contributed by atoms with E-state index < -0.39 is 0 Å². The fourth-order valence-corrected chi connectivity index (χ4v) is 0.940. The highest BCUT2D eigenvalue weighted by Gasteiger charge is 1.90. The molecule has 4 heteroatoms. The number of rotatable bonds is 11. The van der Waals surface area contributed by atoms with Gasteiger partial charge in [-0.2, -0.15) is 0 Å². The molecule has 0 unspecified atom stereocenters. The lowest BCUT2D eigenvalue weighted by molar-refractivity contribution is 0.0244. The van der Waals surface area contributed by atoms with Crippen LogP contribution in [0, 0.1) is 0 Å². The molecule has 14 heavy (non-hydrogen) atoms. The molecule has 0 spiro atoms. The summed E-state index contributed by atoms with van der Waals surface area (Å²) in [5.41, 5.74) is 0. The summed E-state index contributed by atoms with van der Waals surface area (Å²) in [6.07, 6.45) is 1.06. The lowest BCUT2D eigenvalue weighted by Gasteiger charge is -2.05. The SMILES string of the molecule is CCNCCCOCCOCCOC. The van der Waals surface area contributed by atoms with Gasteiger partial charge in [-0.15, -0.1) is 0 Å². The molecule has 0 aliphatic rings. The summed E-state index contributed by atoms with van der Waals surface area (Å²) in [6.45, 7) is 7.60. The average molecular weight is 205 g/mol. The van der Waals surface area contributed by atoms with Crippen LogP contribution >= 0.6 is 0 Å². The molecule has 0 fully saturated rings. The topological polar surface area (TPSA) is 39.7 Å². The number of ether oxygens (including phenoxy) is 3. The Morgan fingerprint density at radius 1 is 0.929 bits per heavy atom. The van der Waals surface area contributed by atoms with Crippen LogP contribution in [0.5, 0.6) is 0 Å². The van der Waals surface area contributed by atoms with E-state index >= 15 is 0 Å². The first-order valence-corrected chi connectivity index (χ1v) is 5.27. The van der Waals surface area contributed by atoms with Gasteiger partial charge < -0.3 is 19.5 Å². The highest BCUT2D eigenvalue weighted by atomic mass is 16.5. The predicted octanol–water partition coefficient (Wildman–Crippen LogP) is 0.666. The molecule has 0 amide bonds. The number of nitrogens with one attached hydrogen (secondary N) is 1. The van der Waals surface area contributed by atoms with Crippen LogP contribution in [0.3, 0.4) is 0 Å². The van der Waals surface area contributed by atoms with Gasteiger partial charge in [-0.3, -0.25) is 0 Å². The largest absolute Gasteiger partial charge is 0.382 e. The van der Waals surface area contributed by atoms with Gasteiger partial charge in [0.2, 0.25) is 0 Å². The molecule has 0 saturated heterocycles. The van der Waals surface area contributed by atoms with E-state index in [-0.39, 0.29) is 0 Å². The molecule has 0 radical (unpaired) electrons. The molecule has 0 aromatic rings. The minimum atomic E-state index is 0.650. The van der Waals surface area contributed by atoms with Gasteiger partial charge in [-0.25, -0.2) is 0 Å². The highest BCUT2D eigenvalue weighted by Crippen LogP contribution is 1.83. The second-order valence-corrected chi connectivity index (χ2v) is 2.92. The number of methoxy groups -OCH3 is 1. The summed E-state index contributed by atoms with van der Waals surface area (Å²) in [4.78, 5) is 0. The summed E-state index contributed by atoms with van der Waals surface area (Å²) < 4.78 is 15.4. The van der Waals surface area contributed by atoms with E-state index in [9.17, 15) is 0 Å². The first kappa shape index (κ1) is 13.8. The van der Waals surface area contributed by atoms with E-state index in [4.69, 9.17) is 14.2 Å². The smallest absolute Gasteiger partial charge is 0.0701 e. The Morgan fingerprint density at radius 2 is 1.57 bits per heavy atom. The molecule has 0 bridgehead atoms. The fourth-order valence-electron chi connectivity index (χ4n) is 0.940. The van der Waals surface area contributed by atoms with Crippen LogP contribution in [0.1, 0.15) is 13.3 Å². The minimum Gasteiger partial charge on any atom is -0.382 e. The zero-order valence-corrected chi connectivity index (χ0v) is 9.38. The molecule has 0 aliphatic carbocycles. The van der Waals surface area contributed by atoms with Crippen molar-refractivity contribution in [2.45, 2.75) is 13.3 Å². The van der Waals surface area contributed by atoms with Gasteiger partial charge in [-0.05, 0) is 19.5 Å². The van der Waals surface area contributed by atoms with E-state index in [1.54, 1.807) is 7.11 Å². The lowest BCUT2D eigenvalue weighted by Crippen LogP contribution is -2.16. The number of hydrogen-bond donors (Lipinski definition) is 1. The quantitative estimate of drug-likeness (QED) is 0.503. The lowest BCUT2D eigenvalue weighted by atomic mass is 10.4. The van der Waals surface area contributed by atoms with Gasteiger partial charge in [0.1, 0.15) is 0 Å². The van der Waals surface area contributed by atoms with Crippen LogP contribution in [-0.2, 0) is 14.2 Å². The molecule has 0 rings (SSSR count). The Labute approximate surface area is 86.9 Å². The maximum absolute atomic E-state index is 5.35. The minimum absolute atomic E-state index is 0.650. The van der Waals surface area contributed by atoms with Crippen LogP contribution < -0.4 is 5.32 Å². The zero-order valence-electron chi connectivity index (χ0n) is 9.38. The Kier molecular flexibility index (Phi) is 12.7. The van der Waals surface area contributed by atoms with Gasteiger partial charge in [0, 0.05) is 13.7 Å². The normalized spacial score (nSPS) is 10.7. The van der Waals surface area contributed by atoms with Crippen LogP contribution in [0.4, 0.5) is 0 Å². The molecule has 1 N–H and O–H groups in total. The molecule has 4 nitrogen and oxygen atoms in total. The molecule has 0 aliphatic heterocycles. The molecule has 86 valence electrons. The van der Waals surface area contributed by atoms with Crippen molar-refractivity contribution in [1.82, 2.24) is 5.32 Å². The number of hydrogen-bond acceptors (Lipinski definition) is 4. The second-order valence-electron chi connectivity index (χ2n) is 2.92. The first-order chi connectivity index (χ1) is 6.91. The molecular weight excluding hydrogens is 182 g/mol. The van der Waals surface area contributed by atoms with E-state index in [2.05, 4.69) is 12.2 Å². The van der Waals surface area contributed by atoms with Crippen molar-refractivity contribution >= 4 is 0 Å². The van der Waals surface area contributed by atoms with Crippen molar-refractivity contribution < 1.29 is 14.2 Å². The maximum Gasteiger partial charge on any atom is 0.0701 e. The van der Waals surface area contributed by atoms with Gasteiger partial charge in [-0.1, -0.05) is 6.92 Å². The summed E-state index contributed by atoms with van der Waals surface area (Å²) >= 11 is 0. The van der Waals surface area contributed by atoms with Crippen molar-refractivity contribution in [1.29, 1.82) is 0 Å². The van der Waals surface area contributed by atoms with Crippen LogP contribution in [-0.4, -0.2) is 53.2 Å². The summed E-state index contributed by atoms with van der Waals surface area (Å²) in [6, 6.07) is 0. The van der Waals surface area contributed by atoms with Gasteiger partial charge in [0.05, 0.1) is 26.4 Å².